The van der Waals surface area contributed by atoms with Crippen molar-refractivity contribution < 1.29 is 24.0 Å². The third-order valence-corrected chi connectivity index (χ3v) is 4.89. The van der Waals surface area contributed by atoms with Crippen LogP contribution in [-0.2, 0) is 17.8 Å². The maximum Gasteiger partial charge on any atom is 0.279 e. The molecule has 6 heteroatoms. The lowest BCUT2D eigenvalue weighted by Gasteiger charge is -2.26. The second-order valence-electron chi connectivity index (χ2n) is 6.73. The van der Waals surface area contributed by atoms with E-state index >= 15 is 0 Å². The summed E-state index contributed by atoms with van der Waals surface area (Å²) in [6, 6.07) is 11.1. The second kappa shape index (κ2) is 8.22. The number of anilines is 1. The molecule has 1 unspecified atom stereocenters. The van der Waals surface area contributed by atoms with Crippen LogP contribution < -0.4 is 19.7 Å². The van der Waals surface area contributed by atoms with Gasteiger partial charge in [-0.25, -0.2) is 0 Å². The van der Waals surface area contributed by atoms with Gasteiger partial charge in [0.25, 0.3) is 5.91 Å². The number of ketones is 1. The number of carbonyl (C=O) groups is 2. The van der Waals surface area contributed by atoms with E-state index in [1.807, 2.05) is 18.2 Å². The van der Waals surface area contributed by atoms with Gasteiger partial charge in [0.05, 0.1) is 26.5 Å². The first-order chi connectivity index (χ1) is 13.0. The molecule has 3 rings (SSSR count). The van der Waals surface area contributed by atoms with Gasteiger partial charge in [-0.2, -0.15) is 0 Å². The quantitative estimate of drug-likeness (QED) is 0.757. The number of nitrogens with one attached hydrogen (secondary N) is 2. The fraction of sp³-hybridized carbons (Fsp3) is 0.333. The molecule has 2 N–H and O–H groups in total. The van der Waals surface area contributed by atoms with Crippen LogP contribution in [0.15, 0.2) is 36.4 Å². The van der Waals surface area contributed by atoms with Crippen LogP contribution in [0.25, 0.3) is 0 Å². The van der Waals surface area contributed by atoms with E-state index in [-0.39, 0.29) is 11.7 Å². The summed E-state index contributed by atoms with van der Waals surface area (Å²) in [6.07, 6.45) is 0.877. The van der Waals surface area contributed by atoms with Gasteiger partial charge in [-0.1, -0.05) is 12.1 Å². The summed E-state index contributed by atoms with van der Waals surface area (Å²) in [5.41, 5.74) is 3.50. The van der Waals surface area contributed by atoms with Crippen LogP contribution in [0, 0.1) is 0 Å². The molecule has 142 valence electrons. The lowest BCUT2D eigenvalue weighted by molar-refractivity contribution is -0.907. The molecule has 0 aliphatic carbocycles. The second-order valence-corrected chi connectivity index (χ2v) is 6.73. The Balaban J connectivity index is 1.68. The van der Waals surface area contributed by atoms with Crippen molar-refractivity contribution in [2.24, 2.45) is 0 Å². The van der Waals surface area contributed by atoms with Crippen LogP contribution in [0.4, 0.5) is 5.69 Å². The number of hydrogen-bond donors (Lipinski definition) is 2. The standard InChI is InChI=1S/C21H24N2O4/c1-14(24)17-6-4-5-7-18(17)22-21(25)13-23-9-8-15-10-19(26-2)20(27-3)11-16(15)12-23/h4-7,10-11H,8-9,12-13H2,1-3H3,(H,22,25)/p+1. The van der Waals surface area contributed by atoms with Crippen LogP contribution in [0.1, 0.15) is 28.4 Å². The normalized spacial score (nSPS) is 15.6. The zero-order valence-electron chi connectivity index (χ0n) is 15.9. The fourth-order valence-electron chi connectivity index (χ4n) is 3.50. The number of hydrogen-bond acceptors (Lipinski definition) is 4. The third-order valence-electron chi connectivity index (χ3n) is 4.89. The maximum atomic E-state index is 12.5. The van der Waals surface area contributed by atoms with Crippen molar-refractivity contribution >= 4 is 17.4 Å². The summed E-state index contributed by atoms with van der Waals surface area (Å²) in [6.45, 7) is 3.46. The van der Waals surface area contributed by atoms with Crippen LogP contribution in [-0.4, -0.2) is 39.0 Å². The van der Waals surface area contributed by atoms with E-state index in [1.165, 1.54) is 23.0 Å². The lowest BCUT2D eigenvalue weighted by atomic mass is 9.99. The molecule has 1 heterocycles. The predicted molar refractivity (Wildman–Crippen MR) is 103 cm³/mol. The smallest absolute Gasteiger partial charge is 0.279 e. The molecule has 0 saturated carbocycles. The van der Waals surface area contributed by atoms with Gasteiger partial charge in [0, 0.05) is 17.5 Å². The van der Waals surface area contributed by atoms with Crippen molar-refractivity contribution in [2.75, 3.05) is 32.6 Å². The van der Waals surface area contributed by atoms with Crippen molar-refractivity contribution in [1.82, 2.24) is 0 Å². The van der Waals surface area contributed by atoms with E-state index in [0.29, 0.717) is 23.5 Å². The number of para-hydroxylation sites is 1. The Kier molecular flexibility index (Phi) is 5.76. The van der Waals surface area contributed by atoms with Crippen LogP contribution >= 0.6 is 0 Å². The Morgan fingerprint density at radius 3 is 2.41 bits per heavy atom. The number of carbonyl (C=O) groups excluding carboxylic acids is 2. The minimum atomic E-state index is -0.0948. The molecule has 0 saturated heterocycles. The summed E-state index contributed by atoms with van der Waals surface area (Å²) in [5.74, 6) is 1.28. The maximum absolute atomic E-state index is 12.5. The lowest BCUT2D eigenvalue weighted by Crippen LogP contribution is -3.12. The molecule has 0 aromatic heterocycles. The van der Waals surface area contributed by atoms with Crippen molar-refractivity contribution in [1.29, 1.82) is 0 Å². The first-order valence-corrected chi connectivity index (χ1v) is 8.99. The number of rotatable bonds is 6. The predicted octanol–water partition coefficient (Wildman–Crippen LogP) is 1.49. The molecule has 1 aliphatic rings. The Hall–Kier alpha value is -2.86. The minimum Gasteiger partial charge on any atom is -0.493 e. The molecule has 1 amide bonds. The molecule has 0 spiro atoms. The Labute approximate surface area is 159 Å². The summed E-state index contributed by atoms with van der Waals surface area (Å²) >= 11 is 0. The van der Waals surface area contributed by atoms with E-state index in [9.17, 15) is 9.59 Å². The van der Waals surface area contributed by atoms with Gasteiger partial charge in [-0.3, -0.25) is 9.59 Å². The number of fused-ring (bicyclic) bond motifs is 1. The van der Waals surface area contributed by atoms with E-state index in [0.717, 1.165) is 25.3 Å². The highest BCUT2D eigenvalue weighted by Crippen LogP contribution is 2.31. The Morgan fingerprint density at radius 1 is 1.07 bits per heavy atom. The Bertz CT molecular complexity index is 863. The first-order valence-electron chi connectivity index (χ1n) is 8.99. The molecule has 1 atom stereocenters. The van der Waals surface area contributed by atoms with Gasteiger partial charge in [-0.15, -0.1) is 0 Å². The van der Waals surface area contributed by atoms with Gasteiger partial charge >= 0.3 is 0 Å². The minimum absolute atomic E-state index is 0.0637. The molecule has 2 aromatic rings. The number of ether oxygens (including phenoxy) is 2. The van der Waals surface area contributed by atoms with Crippen molar-refractivity contribution in [2.45, 2.75) is 19.9 Å². The van der Waals surface area contributed by atoms with Gasteiger partial charge in [0.2, 0.25) is 0 Å². The molecule has 0 fully saturated rings. The average Bonchev–Trinajstić information content (AvgIpc) is 2.66. The summed E-state index contributed by atoms with van der Waals surface area (Å²) in [5, 5.41) is 2.88. The summed E-state index contributed by atoms with van der Waals surface area (Å²) < 4.78 is 10.8. The molecular formula is C21H25N2O4+. The molecule has 0 radical (unpaired) electrons. The van der Waals surface area contributed by atoms with Gasteiger partial charge in [0.1, 0.15) is 6.54 Å². The number of methoxy groups -OCH3 is 2. The monoisotopic (exact) mass is 369 g/mol. The van der Waals surface area contributed by atoms with Crippen molar-refractivity contribution in [3.63, 3.8) is 0 Å². The number of Topliss-reactive ketones (excluding diaryl/α,β-unsaturated/α-hetero) is 1. The van der Waals surface area contributed by atoms with Gasteiger partial charge in [0.15, 0.2) is 23.8 Å². The Morgan fingerprint density at radius 2 is 1.74 bits per heavy atom. The van der Waals surface area contributed by atoms with E-state index in [2.05, 4.69) is 5.32 Å². The largest absolute Gasteiger partial charge is 0.493 e. The molecule has 1 aliphatic heterocycles. The highest BCUT2D eigenvalue weighted by Gasteiger charge is 2.24. The highest BCUT2D eigenvalue weighted by atomic mass is 16.5. The number of benzene rings is 2. The zero-order chi connectivity index (χ0) is 19.4. The van der Waals surface area contributed by atoms with E-state index in [1.54, 1.807) is 32.4 Å². The van der Waals surface area contributed by atoms with Gasteiger partial charge in [-0.05, 0) is 36.8 Å². The topological polar surface area (TPSA) is 69.1 Å². The van der Waals surface area contributed by atoms with Crippen LogP contribution in [0.3, 0.4) is 0 Å². The molecule has 27 heavy (non-hydrogen) atoms. The molecule has 0 bridgehead atoms. The SMILES string of the molecule is COc1cc2c(cc1OC)C[NH+](CC(=O)Nc1ccccc1C(C)=O)CC2. The van der Waals surface area contributed by atoms with E-state index < -0.39 is 0 Å². The zero-order valence-corrected chi connectivity index (χ0v) is 15.9. The number of amides is 1. The highest BCUT2D eigenvalue weighted by molar-refractivity contribution is 6.03. The summed E-state index contributed by atoms with van der Waals surface area (Å²) in [7, 11) is 3.26. The van der Waals surface area contributed by atoms with Crippen LogP contribution in [0.5, 0.6) is 11.5 Å². The molecular weight excluding hydrogens is 344 g/mol. The number of quaternary nitrogens is 1. The first kappa shape index (κ1) is 18.9. The van der Waals surface area contributed by atoms with Crippen molar-refractivity contribution in [3.8, 4) is 11.5 Å². The van der Waals surface area contributed by atoms with Gasteiger partial charge < -0.3 is 19.7 Å². The fourth-order valence-corrected chi connectivity index (χ4v) is 3.50. The average molecular weight is 369 g/mol. The van der Waals surface area contributed by atoms with E-state index in [4.69, 9.17) is 9.47 Å². The molecule has 6 nitrogen and oxygen atoms in total. The molecule has 2 aromatic carbocycles. The third kappa shape index (κ3) is 4.28. The van der Waals surface area contributed by atoms with Crippen LogP contribution in [0.2, 0.25) is 0 Å². The van der Waals surface area contributed by atoms with Crippen molar-refractivity contribution in [3.05, 3.63) is 53.1 Å². The summed E-state index contributed by atoms with van der Waals surface area (Å²) in [4.78, 5) is 25.4.